The molecule has 0 radical (unpaired) electrons. The second kappa shape index (κ2) is 10.9. The van der Waals surface area contributed by atoms with Gasteiger partial charge in [-0.1, -0.05) is 6.42 Å². The van der Waals surface area contributed by atoms with E-state index in [1.54, 1.807) is 11.3 Å². The Bertz CT molecular complexity index is 1020. The highest BCUT2D eigenvalue weighted by Gasteiger charge is 2.28. The number of aromatic nitrogens is 1. The number of pyridine rings is 1. The zero-order valence-electron chi connectivity index (χ0n) is 20.0. The summed E-state index contributed by atoms with van der Waals surface area (Å²) < 4.78 is 26.4. The number of amides is 1. The van der Waals surface area contributed by atoms with E-state index in [0.717, 1.165) is 68.9 Å². The van der Waals surface area contributed by atoms with Gasteiger partial charge in [0.15, 0.2) is 0 Å². The fraction of sp³-hybridized carbons (Fsp3) is 0.600. The summed E-state index contributed by atoms with van der Waals surface area (Å²) >= 11 is 1.61. The first-order chi connectivity index (χ1) is 15.5. The van der Waals surface area contributed by atoms with Gasteiger partial charge in [0.1, 0.15) is 0 Å². The van der Waals surface area contributed by atoms with Crippen molar-refractivity contribution in [3.05, 3.63) is 54.6 Å². The summed E-state index contributed by atoms with van der Waals surface area (Å²) in [5.74, 6) is -2.19. The van der Waals surface area contributed by atoms with Crippen LogP contribution in [0.1, 0.15) is 70.2 Å². The molecule has 5 nitrogen and oxygen atoms in total. The number of hydrogen-bond acceptors (Lipinski definition) is 4. The van der Waals surface area contributed by atoms with Crippen molar-refractivity contribution in [2.75, 3.05) is 19.6 Å². The first kappa shape index (κ1) is 25.6. The number of thiophene rings is 1. The summed E-state index contributed by atoms with van der Waals surface area (Å²) in [5.41, 5.74) is 3.77. The van der Waals surface area contributed by atoms with Crippen LogP contribution in [0.5, 0.6) is 0 Å². The van der Waals surface area contributed by atoms with Crippen LogP contribution in [0.4, 0.5) is 8.78 Å². The fourth-order valence-corrected chi connectivity index (χ4v) is 5.76. The van der Waals surface area contributed by atoms with Crippen LogP contribution in [0.3, 0.4) is 0 Å². The SMILES string of the molecule is Cc1cc(C)c(CNC(=O)c2csc(CCCC3CCN(CC(C)(F)F)CC3)c2C)c(=O)[nH]1. The third-order valence-electron chi connectivity index (χ3n) is 6.53. The van der Waals surface area contributed by atoms with Crippen LogP contribution in [0.2, 0.25) is 0 Å². The number of aromatic amines is 1. The van der Waals surface area contributed by atoms with Gasteiger partial charge in [-0.05, 0) is 82.7 Å². The van der Waals surface area contributed by atoms with Crippen molar-refractivity contribution in [3.63, 3.8) is 0 Å². The van der Waals surface area contributed by atoms with Crippen molar-refractivity contribution in [1.82, 2.24) is 15.2 Å². The molecule has 1 amide bonds. The van der Waals surface area contributed by atoms with E-state index >= 15 is 0 Å². The van der Waals surface area contributed by atoms with E-state index in [4.69, 9.17) is 0 Å². The third-order valence-corrected chi connectivity index (χ3v) is 7.68. The van der Waals surface area contributed by atoms with Gasteiger partial charge >= 0.3 is 0 Å². The van der Waals surface area contributed by atoms with Gasteiger partial charge in [-0.15, -0.1) is 11.3 Å². The lowest BCUT2D eigenvalue weighted by atomic mass is 9.91. The lowest BCUT2D eigenvalue weighted by molar-refractivity contribution is -0.0226. The Kier molecular flexibility index (Phi) is 8.45. The molecule has 1 aliphatic rings. The van der Waals surface area contributed by atoms with Crippen molar-refractivity contribution in [2.45, 2.75) is 72.3 Å². The molecule has 182 valence electrons. The maximum absolute atomic E-state index is 13.2. The molecule has 3 heterocycles. The number of alkyl halides is 2. The fourth-order valence-electron chi connectivity index (χ4n) is 4.67. The van der Waals surface area contributed by atoms with Crippen molar-refractivity contribution in [2.24, 2.45) is 5.92 Å². The number of nitrogens with zero attached hydrogens (tertiary/aromatic N) is 1. The number of piperidine rings is 1. The molecule has 8 heteroatoms. The Morgan fingerprint density at radius 1 is 1.27 bits per heavy atom. The van der Waals surface area contributed by atoms with E-state index in [2.05, 4.69) is 10.3 Å². The molecule has 2 aromatic heterocycles. The van der Waals surface area contributed by atoms with Crippen molar-refractivity contribution < 1.29 is 13.6 Å². The molecule has 33 heavy (non-hydrogen) atoms. The lowest BCUT2D eigenvalue weighted by Gasteiger charge is -2.33. The maximum atomic E-state index is 13.2. The zero-order valence-corrected chi connectivity index (χ0v) is 20.8. The van der Waals surface area contributed by atoms with Gasteiger partial charge in [0.25, 0.3) is 17.4 Å². The molecule has 1 saturated heterocycles. The average molecular weight is 480 g/mol. The van der Waals surface area contributed by atoms with Gasteiger partial charge < -0.3 is 10.3 Å². The van der Waals surface area contributed by atoms with Crippen LogP contribution in [0, 0.1) is 26.7 Å². The van der Waals surface area contributed by atoms with E-state index in [1.165, 1.54) is 4.88 Å². The molecule has 1 aliphatic heterocycles. The maximum Gasteiger partial charge on any atom is 0.257 e. The Balaban J connectivity index is 1.46. The summed E-state index contributed by atoms with van der Waals surface area (Å²) in [6.45, 7) is 8.24. The van der Waals surface area contributed by atoms with Crippen LogP contribution in [0.25, 0.3) is 0 Å². The summed E-state index contributed by atoms with van der Waals surface area (Å²) in [7, 11) is 0. The highest BCUT2D eigenvalue weighted by Crippen LogP contribution is 2.28. The van der Waals surface area contributed by atoms with E-state index in [-0.39, 0.29) is 24.6 Å². The second-order valence-corrected chi connectivity index (χ2v) is 10.5. The average Bonchev–Trinajstić information content (AvgIpc) is 3.08. The molecular formula is C25H35F2N3O2S. The number of carbonyl (C=O) groups excluding carboxylic acids is 1. The van der Waals surface area contributed by atoms with Gasteiger partial charge in [0.2, 0.25) is 0 Å². The molecule has 0 bridgehead atoms. The summed E-state index contributed by atoms with van der Waals surface area (Å²) in [5, 5.41) is 4.79. The highest BCUT2D eigenvalue weighted by molar-refractivity contribution is 7.10. The first-order valence-corrected chi connectivity index (χ1v) is 12.6. The molecule has 0 aromatic carbocycles. The lowest BCUT2D eigenvalue weighted by Crippen LogP contribution is -2.40. The Morgan fingerprint density at radius 3 is 2.61 bits per heavy atom. The normalized spacial score (nSPS) is 15.7. The van der Waals surface area contributed by atoms with Crippen LogP contribution in [-0.2, 0) is 13.0 Å². The molecule has 1 fully saturated rings. The van der Waals surface area contributed by atoms with Crippen molar-refractivity contribution in [3.8, 4) is 0 Å². The van der Waals surface area contributed by atoms with Gasteiger partial charge in [-0.3, -0.25) is 14.5 Å². The minimum atomic E-state index is -2.62. The quantitative estimate of drug-likeness (QED) is 0.533. The van der Waals surface area contributed by atoms with Gasteiger partial charge in [0.05, 0.1) is 12.1 Å². The summed E-state index contributed by atoms with van der Waals surface area (Å²) in [4.78, 5) is 30.8. The monoisotopic (exact) mass is 479 g/mol. The largest absolute Gasteiger partial charge is 0.348 e. The number of nitrogens with one attached hydrogen (secondary N) is 2. The summed E-state index contributed by atoms with van der Waals surface area (Å²) in [6, 6.07) is 1.90. The smallest absolute Gasteiger partial charge is 0.257 e. The van der Waals surface area contributed by atoms with Crippen LogP contribution < -0.4 is 10.9 Å². The molecule has 0 saturated carbocycles. The minimum Gasteiger partial charge on any atom is -0.348 e. The standard InChI is InChI=1S/C25H35F2N3O2S/c1-16-12-17(2)29-24(32)20(16)13-28-23(31)21-14-33-22(18(21)3)7-5-6-19-8-10-30(11-9-19)15-25(4,26)27/h12,14,19H,5-11,13,15H2,1-4H3,(H,28,31)(H,29,32). The van der Waals surface area contributed by atoms with Gasteiger partial charge in [-0.2, -0.15) is 0 Å². The van der Waals surface area contributed by atoms with Crippen LogP contribution >= 0.6 is 11.3 Å². The van der Waals surface area contributed by atoms with Gasteiger partial charge in [0, 0.05) is 35.0 Å². The highest BCUT2D eigenvalue weighted by atomic mass is 32.1. The Hall–Kier alpha value is -2.06. The second-order valence-electron chi connectivity index (χ2n) is 9.51. The predicted octanol–water partition coefficient (Wildman–Crippen LogP) is 4.98. The van der Waals surface area contributed by atoms with E-state index in [1.807, 2.05) is 37.1 Å². The molecule has 2 N–H and O–H groups in total. The zero-order chi connectivity index (χ0) is 24.2. The van der Waals surface area contributed by atoms with Crippen molar-refractivity contribution >= 4 is 17.2 Å². The Labute approximate surface area is 198 Å². The number of likely N-dealkylation sites (tertiary alicyclic amines) is 1. The number of rotatable bonds is 9. The minimum absolute atomic E-state index is 0.142. The van der Waals surface area contributed by atoms with E-state index in [9.17, 15) is 18.4 Å². The molecule has 0 unspecified atom stereocenters. The molecule has 0 spiro atoms. The molecular weight excluding hydrogens is 444 g/mol. The molecule has 2 aromatic rings. The third kappa shape index (κ3) is 7.21. The topological polar surface area (TPSA) is 65.2 Å². The number of halogens is 2. The number of hydrogen-bond donors (Lipinski definition) is 2. The van der Waals surface area contributed by atoms with Crippen LogP contribution in [0.15, 0.2) is 16.2 Å². The molecule has 0 aliphatic carbocycles. The molecule has 0 atom stereocenters. The van der Waals surface area contributed by atoms with Gasteiger partial charge in [-0.25, -0.2) is 8.78 Å². The van der Waals surface area contributed by atoms with Crippen molar-refractivity contribution in [1.29, 1.82) is 0 Å². The number of aryl methyl sites for hydroxylation is 3. The number of carbonyl (C=O) groups is 1. The Morgan fingerprint density at radius 2 is 1.97 bits per heavy atom. The molecule has 3 rings (SSSR count). The summed E-state index contributed by atoms with van der Waals surface area (Å²) in [6.07, 6.45) is 5.00. The predicted molar refractivity (Wildman–Crippen MR) is 129 cm³/mol. The van der Waals surface area contributed by atoms with E-state index in [0.29, 0.717) is 17.0 Å². The van der Waals surface area contributed by atoms with E-state index < -0.39 is 5.92 Å². The number of H-pyrrole nitrogens is 1. The van der Waals surface area contributed by atoms with Crippen LogP contribution in [-0.4, -0.2) is 41.3 Å². The first-order valence-electron chi connectivity index (χ1n) is 11.7.